The number of esters is 1. The molecule has 0 aliphatic carbocycles. The lowest BCUT2D eigenvalue weighted by molar-refractivity contribution is -0.154. The number of halogens is 1. The zero-order valence-corrected chi connectivity index (χ0v) is 21.6. The summed E-state index contributed by atoms with van der Waals surface area (Å²) in [6, 6.07) is 13.4. The first-order valence-electron chi connectivity index (χ1n) is 10.6. The summed E-state index contributed by atoms with van der Waals surface area (Å²) in [7, 11) is 0. The molecule has 0 fully saturated rings. The second-order valence-corrected chi connectivity index (χ2v) is 10.1. The fourth-order valence-corrected chi connectivity index (χ4v) is 4.20. The van der Waals surface area contributed by atoms with Crippen molar-refractivity contribution < 1.29 is 14.3 Å². The Balaban J connectivity index is 1.57. The average molecular weight is 534 g/mol. The Morgan fingerprint density at radius 3 is 2.58 bits per heavy atom. The van der Waals surface area contributed by atoms with Crippen LogP contribution in [0.3, 0.4) is 0 Å². The first-order chi connectivity index (χ1) is 15.7. The second-order valence-electron chi connectivity index (χ2n) is 8.16. The van der Waals surface area contributed by atoms with Gasteiger partial charge in [-0.05, 0) is 82.1 Å². The third-order valence-corrected chi connectivity index (χ3v) is 6.64. The fraction of sp³-hybridized carbons (Fsp3) is 0.375. The minimum atomic E-state index is -0.591. The summed E-state index contributed by atoms with van der Waals surface area (Å²) >= 11 is 4.92. The standard InChI is InChI=1S/C24H28BrN3O4S/c1-5-31-22(29)24(3,4)12-13-32-21-11-10-20(14-17(21)2)33-16-28-23(30)27(15-26-28)19-8-6-18(25)7-9-19/h6-11,14-15H,5,12-13,16H2,1-4H3. The third-order valence-electron chi connectivity index (χ3n) is 5.15. The number of nitrogens with zero attached hydrogens (tertiary/aromatic N) is 3. The van der Waals surface area contributed by atoms with Crippen molar-refractivity contribution in [1.29, 1.82) is 0 Å². The molecule has 0 aliphatic heterocycles. The summed E-state index contributed by atoms with van der Waals surface area (Å²) in [5.74, 6) is 0.959. The molecule has 0 amide bonds. The number of rotatable bonds is 10. The van der Waals surface area contributed by atoms with Gasteiger partial charge in [0.05, 0.1) is 30.2 Å². The Labute approximate surface area is 206 Å². The highest BCUT2D eigenvalue weighted by molar-refractivity contribution is 9.10. The van der Waals surface area contributed by atoms with Crippen molar-refractivity contribution >= 4 is 33.7 Å². The highest BCUT2D eigenvalue weighted by Crippen LogP contribution is 2.28. The van der Waals surface area contributed by atoms with Crippen molar-refractivity contribution in [3.8, 4) is 11.4 Å². The van der Waals surface area contributed by atoms with Gasteiger partial charge >= 0.3 is 11.7 Å². The van der Waals surface area contributed by atoms with Crippen LogP contribution in [-0.4, -0.2) is 33.5 Å². The monoisotopic (exact) mass is 533 g/mol. The molecular weight excluding hydrogens is 506 g/mol. The Morgan fingerprint density at radius 2 is 1.91 bits per heavy atom. The van der Waals surface area contributed by atoms with Crippen molar-refractivity contribution in [2.24, 2.45) is 5.41 Å². The molecule has 0 radical (unpaired) electrons. The molecule has 1 aromatic heterocycles. The summed E-state index contributed by atoms with van der Waals surface area (Å²) in [4.78, 5) is 25.7. The summed E-state index contributed by atoms with van der Waals surface area (Å²) in [6.07, 6.45) is 2.10. The zero-order valence-electron chi connectivity index (χ0n) is 19.2. The molecule has 0 saturated carbocycles. The van der Waals surface area contributed by atoms with Crippen LogP contribution in [0.4, 0.5) is 0 Å². The van der Waals surface area contributed by atoms with E-state index in [1.807, 2.05) is 63.2 Å². The molecule has 176 valence electrons. The maximum Gasteiger partial charge on any atom is 0.351 e. The molecule has 0 bridgehead atoms. The topological polar surface area (TPSA) is 75.3 Å². The van der Waals surface area contributed by atoms with E-state index in [1.54, 1.807) is 6.92 Å². The number of hydrogen-bond donors (Lipinski definition) is 0. The van der Waals surface area contributed by atoms with Crippen LogP contribution in [0.5, 0.6) is 5.75 Å². The van der Waals surface area contributed by atoms with Crippen LogP contribution in [-0.2, 0) is 15.4 Å². The molecule has 0 saturated heterocycles. The van der Waals surface area contributed by atoms with Crippen LogP contribution < -0.4 is 10.4 Å². The lowest BCUT2D eigenvalue weighted by Crippen LogP contribution is -2.28. The highest BCUT2D eigenvalue weighted by atomic mass is 79.9. The molecule has 7 nitrogen and oxygen atoms in total. The van der Waals surface area contributed by atoms with Crippen molar-refractivity contribution in [2.45, 2.75) is 44.9 Å². The highest BCUT2D eigenvalue weighted by Gasteiger charge is 2.29. The minimum Gasteiger partial charge on any atom is -0.493 e. The molecule has 33 heavy (non-hydrogen) atoms. The van der Waals surface area contributed by atoms with E-state index in [2.05, 4.69) is 21.0 Å². The molecule has 1 heterocycles. The first-order valence-corrected chi connectivity index (χ1v) is 12.4. The van der Waals surface area contributed by atoms with Crippen LogP contribution in [0.2, 0.25) is 0 Å². The number of thioether (sulfide) groups is 1. The van der Waals surface area contributed by atoms with E-state index in [0.717, 1.165) is 26.4 Å². The summed E-state index contributed by atoms with van der Waals surface area (Å²) in [6.45, 7) is 8.30. The fourth-order valence-electron chi connectivity index (χ4n) is 3.06. The van der Waals surface area contributed by atoms with Crippen LogP contribution in [0.15, 0.2) is 63.0 Å². The Kier molecular flexibility index (Phi) is 8.42. The van der Waals surface area contributed by atoms with Crippen molar-refractivity contribution in [1.82, 2.24) is 14.3 Å². The number of aryl methyl sites for hydroxylation is 1. The number of aromatic nitrogens is 3. The van der Waals surface area contributed by atoms with Gasteiger partial charge in [0.1, 0.15) is 12.1 Å². The third kappa shape index (κ3) is 6.51. The Hall–Kier alpha value is -2.52. The normalized spacial score (nSPS) is 11.4. The van der Waals surface area contributed by atoms with Crippen LogP contribution >= 0.6 is 27.7 Å². The van der Waals surface area contributed by atoms with E-state index in [-0.39, 0.29) is 11.7 Å². The zero-order chi connectivity index (χ0) is 24.0. The molecule has 0 atom stereocenters. The van der Waals surface area contributed by atoms with E-state index >= 15 is 0 Å². The number of benzene rings is 2. The SMILES string of the molecule is CCOC(=O)C(C)(C)CCOc1ccc(SCn2ncn(-c3ccc(Br)cc3)c2=O)cc1C. The van der Waals surface area contributed by atoms with E-state index in [1.165, 1.54) is 27.3 Å². The maximum absolute atomic E-state index is 12.7. The number of hydrogen-bond acceptors (Lipinski definition) is 6. The Bertz CT molecular complexity index is 1160. The van der Waals surface area contributed by atoms with E-state index < -0.39 is 5.41 Å². The average Bonchev–Trinajstić information content (AvgIpc) is 3.14. The van der Waals surface area contributed by atoms with E-state index in [9.17, 15) is 9.59 Å². The lowest BCUT2D eigenvalue weighted by atomic mass is 9.90. The number of ether oxygens (including phenoxy) is 2. The molecule has 0 aliphatic rings. The number of carbonyl (C=O) groups is 1. The Morgan fingerprint density at radius 1 is 1.18 bits per heavy atom. The van der Waals surface area contributed by atoms with Crippen molar-refractivity contribution in [3.05, 3.63) is 69.3 Å². The minimum absolute atomic E-state index is 0.189. The maximum atomic E-state index is 12.7. The van der Waals surface area contributed by atoms with E-state index in [0.29, 0.717) is 25.5 Å². The molecule has 0 unspecified atom stereocenters. The van der Waals surface area contributed by atoms with Gasteiger partial charge in [0.25, 0.3) is 0 Å². The second kappa shape index (κ2) is 11.1. The predicted molar refractivity (Wildman–Crippen MR) is 133 cm³/mol. The van der Waals surface area contributed by atoms with Gasteiger partial charge in [-0.3, -0.25) is 4.79 Å². The predicted octanol–water partition coefficient (Wildman–Crippen LogP) is 5.21. The smallest absolute Gasteiger partial charge is 0.351 e. The van der Waals surface area contributed by atoms with Gasteiger partial charge in [-0.25, -0.2) is 14.0 Å². The summed E-state index contributed by atoms with van der Waals surface area (Å²) in [5.41, 5.74) is 0.974. The van der Waals surface area contributed by atoms with Gasteiger partial charge in [0, 0.05) is 9.37 Å². The summed E-state index contributed by atoms with van der Waals surface area (Å²) in [5, 5.41) is 4.23. The van der Waals surface area contributed by atoms with Crippen LogP contribution in [0.1, 0.15) is 32.8 Å². The van der Waals surface area contributed by atoms with Gasteiger partial charge in [0.2, 0.25) is 0 Å². The number of carbonyl (C=O) groups excluding carboxylic acids is 1. The molecule has 0 N–H and O–H groups in total. The van der Waals surface area contributed by atoms with Gasteiger partial charge in [-0.1, -0.05) is 15.9 Å². The van der Waals surface area contributed by atoms with E-state index in [4.69, 9.17) is 9.47 Å². The van der Waals surface area contributed by atoms with Crippen molar-refractivity contribution in [2.75, 3.05) is 13.2 Å². The van der Waals surface area contributed by atoms with Crippen molar-refractivity contribution in [3.63, 3.8) is 0 Å². The molecule has 3 aromatic rings. The van der Waals surface area contributed by atoms with Gasteiger partial charge < -0.3 is 9.47 Å². The molecule has 2 aromatic carbocycles. The van der Waals surface area contributed by atoms with Gasteiger partial charge in [-0.15, -0.1) is 11.8 Å². The van der Waals surface area contributed by atoms with Crippen LogP contribution in [0, 0.1) is 12.3 Å². The molecular formula is C24H28BrN3O4S. The van der Waals surface area contributed by atoms with Gasteiger partial charge in [-0.2, -0.15) is 5.10 Å². The van der Waals surface area contributed by atoms with Crippen LogP contribution in [0.25, 0.3) is 5.69 Å². The largest absolute Gasteiger partial charge is 0.493 e. The summed E-state index contributed by atoms with van der Waals surface area (Å²) < 4.78 is 14.9. The molecule has 3 rings (SSSR count). The molecule has 0 spiro atoms. The lowest BCUT2D eigenvalue weighted by Gasteiger charge is -2.22. The first kappa shape index (κ1) is 25.1. The quantitative estimate of drug-likeness (QED) is 0.263. The molecule has 9 heteroatoms. The van der Waals surface area contributed by atoms with Gasteiger partial charge in [0.15, 0.2) is 0 Å².